The van der Waals surface area contributed by atoms with E-state index in [1.807, 2.05) is 44.6 Å². The average Bonchev–Trinajstić information content (AvgIpc) is 3.32. The van der Waals surface area contributed by atoms with E-state index in [0.29, 0.717) is 6.54 Å². The van der Waals surface area contributed by atoms with Gasteiger partial charge in [0, 0.05) is 24.8 Å². The quantitative estimate of drug-likeness (QED) is 0.875. The van der Waals surface area contributed by atoms with Crippen LogP contribution in [0.1, 0.15) is 54.4 Å². The molecule has 2 aromatic rings. The zero-order valence-electron chi connectivity index (χ0n) is 15.6. The van der Waals surface area contributed by atoms with E-state index in [1.54, 1.807) is 6.26 Å². The van der Waals surface area contributed by atoms with Gasteiger partial charge in [-0.25, -0.2) is 0 Å². The van der Waals surface area contributed by atoms with Gasteiger partial charge >= 0.3 is 0 Å². The molecule has 0 aromatic carbocycles. The summed E-state index contributed by atoms with van der Waals surface area (Å²) in [6, 6.07) is 4.00. The molecule has 1 N–H and O–H groups in total. The minimum Gasteiger partial charge on any atom is -0.468 e. The van der Waals surface area contributed by atoms with Crippen LogP contribution in [0.15, 0.2) is 22.8 Å². The van der Waals surface area contributed by atoms with Gasteiger partial charge < -0.3 is 9.73 Å². The maximum absolute atomic E-state index is 12.7. The number of hydrogen-bond donors (Lipinski definition) is 1. The molecule has 0 unspecified atom stereocenters. The van der Waals surface area contributed by atoms with Gasteiger partial charge in [-0.3, -0.25) is 14.4 Å². The van der Waals surface area contributed by atoms with Gasteiger partial charge in [0.25, 0.3) is 0 Å². The first-order valence-corrected chi connectivity index (χ1v) is 9.04. The van der Waals surface area contributed by atoms with E-state index in [4.69, 9.17) is 4.42 Å². The highest BCUT2D eigenvalue weighted by molar-refractivity contribution is 5.83. The van der Waals surface area contributed by atoms with Crippen LogP contribution in [0, 0.1) is 13.8 Å². The number of carbonyl (C=O) groups is 1. The number of likely N-dealkylation sites (tertiary alicyclic amines) is 1. The Balaban J connectivity index is 1.69. The molecular weight excluding hydrogens is 316 g/mol. The first-order valence-electron chi connectivity index (χ1n) is 9.04. The third-order valence-electron chi connectivity index (χ3n) is 5.31. The van der Waals surface area contributed by atoms with E-state index >= 15 is 0 Å². The maximum Gasteiger partial charge on any atom is 0.227 e. The summed E-state index contributed by atoms with van der Waals surface area (Å²) in [5.74, 6) is 0.739. The predicted molar refractivity (Wildman–Crippen MR) is 96.4 cm³/mol. The number of carbonyl (C=O) groups excluding carboxylic acids is 1. The highest BCUT2D eigenvalue weighted by Crippen LogP contribution is 2.26. The monoisotopic (exact) mass is 344 g/mol. The van der Waals surface area contributed by atoms with Crippen LogP contribution in [0.4, 0.5) is 0 Å². The zero-order chi connectivity index (χ0) is 18.0. The molecule has 1 aliphatic heterocycles. The second kappa shape index (κ2) is 7.44. The summed E-state index contributed by atoms with van der Waals surface area (Å²) in [6.07, 6.45) is 4.11. The lowest BCUT2D eigenvalue weighted by Crippen LogP contribution is -2.38. The molecule has 6 nitrogen and oxygen atoms in total. The van der Waals surface area contributed by atoms with Gasteiger partial charge in [0.15, 0.2) is 0 Å². The van der Waals surface area contributed by atoms with E-state index in [1.165, 1.54) is 12.8 Å². The van der Waals surface area contributed by atoms with Crippen LogP contribution >= 0.6 is 0 Å². The molecule has 136 valence electrons. The van der Waals surface area contributed by atoms with Crippen LogP contribution in [0.25, 0.3) is 0 Å². The Morgan fingerprint density at radius 3 is 2.64 bits per heavy atom. The number of amides is 1. The Labute approximate surface area is 149 Å². The molecule has 3 heterocycles. The molecule has 1 saturated heterocycles. The molecule has 0 aliphatic carbocycles. The fourth-order valence-corrected chi connectivity index (χ4v) is 3.84. The second-order valence-electron chi connectivity index (χ2n) is 6.95. The molecule has 3 rings (SSSR count). The van der Waals surface area contributed by atoms with Crippen molar-refractivity contribution in [1.29, 1.82) is 0 Å². The molecule has 1 fully saturated rings. The van der Waals surface area contributed by atoms with Crippen molar-refractivity contribution in [2.75, 3.05) is 19.6 Å². The van der Waals surface area contributed by atoms with Crippen molar-refractivity contribution < 1.29 is 9.21 Å². The summed E-state index contributed by atoms with van der Waals surface area (Å²) < 4.78 is 7.46. The smallest absolute Gasteiger partial charge is 0.227 e. The molecule has 2 atom stereocenters. The Hall–Kier alpha value is -2.08. The number of nitrogens with zero attached hydrogens (tertiary/aromatic N) is 3. The molecule has 0 bridgehead atoms. The normalized spacial score (nSPS) is 17.6. The Bertz CT molecular complexity index is 714. The standard InChI is InChI=1S/C19H28N4O2/c1-13(18-14(2)21-22(4)15(18)3)19(24)20-12-16(17-8-7-11-25-17)23-9-5-6-10-23/h7-8,11,13,16H,5-6,9-10,12H2,1-4H3,(H,20,24)/t13-,16-/m1/s1. The molecule has 0 saturated carbocycles. The van der Waals surface area contributed by atoms with Crippen molar-refractivity contribution in [3.8, 4) is 0 Å². The first kappa shape index (κ1) is 17.7. The summed E-state index contributed by atoms with van der Waals surface area (Å²) in [5, 5.41) is 7.56. The van der Waals surface area contributed by atoms with Crippen LogP contribution in [0.3, 0.4) is 0 Å². The van der Waals surface area contributed by atoms with E-state index in [0.717, 1.165) is 35.8 Å². The zero-order valence-corrected chi connectivity index (χ0v) is 15.6. The third-order valence-corrected chi connectivity index (χ3v) is 5.31. The summed E-state index contributed by atoms with van der Waals surface area (Å²) in [5.41, 5.74) is 2.99. The van der Waals surface area contributed by atoms with Crippen LogP contribution in [0.2, 0.25) is 0 Å². The van der Waals surface area contributed by atoms with Crippen LogP contribution in [-0.4, -0.2) is 40.2 Å². The van der Waals surface area contributed by atoms with Crippen molar-refractivity contribution in [2.24, 2.45) is 7.05 Å². The van der Waals surface area contributed by atoms with Gasteiger partial charge in [-0.2, -0.15) is 5.10 Å². The van der Waals surface area contributed by atoms with Gasteiger partial charge in [-0.15, -0.1) is 0 Å². The lowest BCUT2D eigenvalue weighted by Gasteiger charge is -2.26. The number of nitrogens with one attached hydrogen (secondary N) is 1. The van der Waals surface area contributed by atoms with E-state index < -0.39 is 0 Å². The minimum absolute atomic E-state index is 0.0370. The number of hydrogen-bond acceptors (Lipinski definition) is 4. The largest absolute Gasteiger partial charge is 0.468 e. The second-order valence-corrected chi connectivity index (χ2v) is 6.95. The van der Waals surface area contributed by atoms with Crippen molar-refractivity contribution in [1.82, 2.24) is 20.0 Å². The van der Waals surface area contributed by atoms with Crippen molar-refractivity contribution in [3.63, 3.8) is 0 Å². The lowest BCUT2D eigenvalue weighted by atomic mass is 9.98. The molecule has 1 aliphatic rings. The Morgan fingerprint density at radius 1 is 1.36 bits per heavy atom. The third kappa shape index (κ3) is 3.63. The molecular formula is C19H28N4O2. The van der Waals surface area contributed by atoms with Crippen molar-refractivity contribution in [2.45, 2.75) is 45.6 Å². The van der Waals surface area contributed by atoms with Gasteiger partial charge in [0.2, 0.25) is 5.91 Å². The van der Waals surface area contributed by atoms with Gasteiger partial charge in [-0.1, -0.05) is 0 Å². The Kier molecular flexibility index (Phi) is 5.27. The Morgan fingerprint density at radius 2 is 2.08 bits per heavy atom. The lowest BCUT2D eigenvalue weighted by molar-refractivity contribution is -0.122. The van der Waals surface area contributed by atoms with Crippen LogP contribution in [-0.2, 0) is 11.8 Å². The first-order chi connectivity index (χ1) is 12.0. The minimum atomic E-state index is -0.218. The summed E-state index contributed by atoms with van der Waals surface area (Å²) in [7, 11) is 1.91. The van der Waals surface area contributed by atoms with Gasteiger partial charge in [-0.05, 0) is 58.8 Å². The predicted octanol–water partition coefficient (Wildman–Crippen LogP) is 2.69. The van der Waals surface area contributed by atoms with E-state index in [2.05, 4.69) is 15.3 Å². The average molecular weight is 344 g/mol. The number of aryl methyl sites for hydroxylation is 2. The molecule has 0 radical (unpaired) electrons. The van der Waals surface area contributed by atoms with E-state index in [-0.39, 0.29) is 17.9 Å². The topological polar surface area (TPSA) is 63.3 Å². The van der Waals surface area contributed by atoms with Crippen molar-refractivity contribution in [3.05, 3.63) is 41.1 Å². The fraction of sp³-hybridized carbons (Fsp3) is 0.579. The highest BCUT2D eigenvalue weighted by atomic mass is 16.3. The fourth-order valence-electron chi connectivity index (χ4n) is 3.84. The molecule has 6 heteroatoms. The summed E-state index contributed by atoms with van der Waals surface area (Å²) in [4.78, 5) is 15.1. The molecule has 1 amide bonds. The number of rotatable bonds is 6. The van der Waals surface area contributed by atoms with Gasteiger partial charge in [0.05, 0.1) is 23.9 Å². The van der Waals surface area contributed by atoms with Gasteiger partial charge in [0.1, 0.15) is 5.76 Å². The number of aromatic nitrogens is 2. The number of furan rings is 1. The molecule has 25 heavy (non-hydrogen) atoms. The molecule has 0 spiro atoms. The highest BCUT2D eigenvalue weighted by Gasteiger charge is 2.28. The molecule has 2 aromatic heterocycles. The van der Waals surface area contributed by atoms with E-state index in [9.17, 15) is 4.79 Å². The summed E-state index contributed by atoms with van der Waals surface area (Å²) >= 11 is 0. The van der Waals surface area contributed by atoms with Crippen LogP contribution < -0.4 is 5.32 Å². The van der Waals surface area contributed by atoms with Crippen molar-refractivity contribution >= 4 is 5.91 Å². The summed E-state index contributed by atoms with van der Waals surface area (Å²) in [6.45, 7) is 8.59. The van der Waals surface area contributed by atoms with Crippen LogP contribution in [0.5, 0.6) is 0 Å². The SMILES string of the molecule is Cc1nn(C)c(C)c1[C@@H](C)C(=O)NC[C@H](c1ccco1)N1CCCC1. The maximum atomic E-state index is 12.7.